The number of benzene rings is 2. The molecule has 0 fully saturated rings. The fraction of sp³-hybridized carbons (Fsp3) is 0.150. The van der Waals surface area contributed by atoms with Crippen LogP contribution in [0.1, 0.15) is 28.4 Å². The second kappa shape index (κ2) is 10.8. The largest absolute Gasteiger partial charge is 0.477 e. The number of carbonyl (C=O) groups excluding carboxylic acids is 1. The molecule has 0 saturated carbocycles. The number of rotatable bonds is 10. The second-order valence-electron chi connectivity index (χ2n) is 6.38. The Balaban J connectivity index is 1.84. The number of phosphoric acid groups is 1. The van der Waals surface area contributed by atoms with Crippen molar-refractivity contribution in [3.63, 3.8) is 0 Å². The van der Waals surface area contributed by atoms with E-state index < -0.39 is 15.4 Å². The molecule has 0 spiro atoms. The SMILES string of the molecule is CC(=CC=CP(=O)(O)OP(=O)(O)O)COCc1ccc(C(=O)c2ccccc2)cc1. The molecule has 0 amide bonds. The highest BCUT2D eigenvalue weighted by Crippen LogP contribution is 2.57. The average Bonchev–Trinajstić information content (AvgIpc) is 2.66. The lowest BCUT2D eigenvalue weighted by Gasteiger charge is -2.08. The highest BCUT2D eigenvalue weighted by atomic mass is 31.3. The molecule has 0 bridgehead atoms. The molecular formula is C20H22O8P2. The summed E-state index contributed by atoms with van der Waals surface area (Å²) in [5, 5.41) is 0. The summed E-state index contributed by atoms with van der Waals surface area (Å²) in [5.41, 5.74) is 2.78. The van der Waals surface area contributed by atoms with Crippen LogP contribution in [0.3, 0.4) is 0 Å². The summed E-state index contributed by atoms with van der Waals surface area (Å²) in [4.78, 5) is 38.8. The first-order valence-corrected chi connectivity index (χ1v) is 11.9. The van der Waals surface area contributed by atoms with Crippen molar-refractivity contribution >= 4 is 21.2 Å². The maximum absolute atomic E-state index is 12.4. The normalized spacial score (nSPS) is 14.6. The van der Waals surface area contributed by atoms with Gasteiger partial charge >= 0.3 is 15.4 Å². The molecule has 1 atom stereocenters. The molecule has 0 heterocycles. The Morgan fingerprint density at radius 1 is 0.967 bits per heavy atom. The van der Waals surface area contributed by atoms with E-state index in [9.17, 15) is 18.8 Å². The predicted molar refractivity (Wildman–Crippen MR) is 112 cm³/mol. The molecule has 0 aliphatic heterocycles. The molecule has 1 unspecified atom stereocenters. The van der Waals surface area contributed by atoms with Crippen LogP contribution < -0.4 is 0 Å². The summed E-state index contributed by atoms with van der Waals surface area (Å²) in [6, 6.07) is 16.1. The Morgan fingerprint density at radius 3 is 2.17 bits per heavy atom. The number of hydrogen-bond acceptors (Lipinski definition) is 5. The van der Waals surface area contributed by atoms with E-state index in [1.165, 1.54) is 12.2 Å². The lowest BCUT2D eigenvalue weighted by molar-refractivity contribution is 0.103. The van der Waals surface area contributed by atoms with Crippen LogP contribution in [-0.4, -0.2) is 27.1 Å². The smallest absolute Gasteiger partial charge is 0.372 e. The van der Waals surface area contributed by atoms with Crippen molar-refractivity contribution in [1.29, 1.82) is 0 Å². The molecule has 10 heteroatoms. The van der Waals surface area contributed by atoms with Crippen LogP contribution in [0.5, 0.6) is 0 Å². The van der Waals surface area contributed by atoms with Crippen molar-refractivity contribution in [1.82, 2.24) is 0 Å². The minimum Gasteiger partial charge on any atom is -0.372 e. The van der Waals surface area contributed by atoms with E-state index in [1.807, 2.05) is 18.2 Å². The molecule has 3 N–H and O–H groups in total. The Kier molecular flexibility index (Phi) is 8.65. The molecule has 2 rings (SSSR count). The fourth-order valence-electron chi connectivity index (χ4n) is 2.38. The van der Waals surface area contributed by atoms with E-state index in [0.29, 0.717) is 29.1 Å². The third-order valence-corrected chi connectivity index (χ3v) is 6.06. The summed E-state index contributed by atoms with van der Waals surface area (Å²) in [5.74, 6) is 0.621. The molecular weight excluding hydrogens is 430 g/mol. The zero-order valence-corrected chi connectivity index (χ0v) is 17.9. The number of ketones is 1. The van der Waals surface area contributed by atoms with Crippen molar-refractivity contribution in [2.24, 2.45) is 0 Å². The van der Waals surface area contributed by atoms with Gasteiger partial charge in [-0.25, -0.2) is 8.88 Å². The number of allylic oxidation sites excluding steroid dienone is 2. The molecule has 0 saturated heterocycles. The summed E-state index contributed by atoms with van der Waals surface area (Å²) < 4.78 is 31.4. The van der Waals surface area contributed by atoms with Crippen LogP contribution in [0, 0.1) is 0 Å². The quantitative estimate of drug-likeness (QED) is 0.278. The van der Waals surface area contributed by atoms with Gasteiger partial charge in [0.1, 0.15) is 0 Å². The van der Waals surface area contributed by atoms with Crippen molar-refractivity contribution in [3.8, 4) is 0 Å². The molecule has 8 nitrogen and oxygen atoms in total. The standard InChI is InChI=1S/C20H22O8P2/c1-16(6-5-13-29(22,23)28-30(24,25)26)14-27-15-17-9-11-19(12-10-17)20(21)18-7-3-2-4-8-18/h2-13H,14-15H2,1H3,(H,22,23)(H2,24,25,26). The Bertz CT molecular complexity index is 1010. The topological polar surface area (TPSA) is 130 Å². The summed E-state index contributed by atoms with van der Waals surface area (Å²) in [6.07, 6.45) is 2.63. The van der Waals surface area contributed by atoms with Crippen molar-refractivity contribution in [2.45, 2.75) is 13.5 Å². The minimum absolute atomic E-state index is 0.0578. The third kappa shape index (κ3) is 8.69. The summed E-state index contributed by atoms with van der Waals surface area (Å²) in [6.45, 7) is 2.25. The van der Waals surface area contributed by atoms with Crippen LogP contribution in [0.15, 0.2) is 78.1 Å². The van der Waals surface area contributed by atoms with E-state index in [4.69, 9.17) is 14.5 Å². The van der Waals surface area contributed by atoms with Crippen LogP contribution in [0.2, 0.25) is 0 Å². The lowest BCUT2D eigenvalue weighted by Crippen LogP contribution is -2.02. The van der Waals surface area contributed by atoms with Crippen LogP contribution in [0.25, 0.3) is 0 Å². The van der Waals surface area contributed by atoms with E-state index in [2.05, 4.69) is 4.31 Å². The van der Waals surface area contributed by atoms with Crippen LogP contribution >= 0.6 is 15.4 Å². The maximum Gasteiger partial charge on any atom is 0.477 e. The number of carbonyl (C=O) groups is 1. The van der Waals surface area contributed by atoms with E-state index >= 15 is 0 Å². The minimum atomic E-state index is -5.06. The van der Waals surface area contributed by atoms with Gasteiger partial charge in [0, 0.05) is 16.9 Å². The van der Waals surface area contributed by atoms with Crippen molar-refractivity contribution in [2.75, 3.05) is 6.61 Å². The van der Waals surface area contributed by atoms with Gasteiger partial charge in [0.2, 0.25) is 0 Å². The first-order chi connectivity index (χ1) is 14.1. The molecule has 2 aromatic carbocycles. The van der Waals surface area contributed by atoms with Gasteiger partial charge in [0.15, 0.2) is 5.78 Å². The molecule has 0 radical (unpaired) electrons. The average molecular weight is 452 g/mol. The molecule has 0 aliphatic rings. The maximum atomic E-state index is 12.4. The Morgan fingerprint density at radius 2 is 1.57 bits per heavy atom. The second-order valence-corrected chi connectivity index (χ2v) is 9.44. The molecule has 2 aromatic rings. The third-order valence-electron chi connectivity index (χ3n) is 3.73. The lowest BCUT2D eigenvalue weighted by atomic mass is 10.0. The van der Waals surface area contributed by atoms with Crippen LogP contribution in [0.4, 0.5) is 0 Å². The number of ether oxygens (including phenoxy) is 1. The highest BCUT2D eigenvalue weighted by molar-refractivity contribution is 7.65. The molecule has 0 aliphatic carbocycles. The zero-order chi connectivity index (χ0) is 22.2. The van der Waals surface area contributed by atoms with E-state index in [1.54, 1.807) is 43.3 Å². The van der Waals surface area contributed by atoms with Crippen LogP contribution in [-0.2, 0) is 24.8 Å². The summed E-state index contributed by atoms with van der Waals surface area (Å²) >= 11 is 0. The monoisotopic (exact) mass is 452 g/mol. The first kappa shape index (κ1) is 24.1. The van der Waals surface area contributed by atoms with Gasteiger partial charge in [-0.15, -0.1) is 0 Å². The van der Waals surface area contributed by atoms with Crippen molar-refractivity contribution in [3.05, 3.63) is 94.8 Å². The first-order valence-electron chi connectivity index (χ1n) is 8.76. The Hall–Kier alpha value is -2.15. The van der Waals surface area contributed by atoms with Gasteiger partial charge in [-0.1, -0.05) is 66.7 Å². The van der Waals surface area contributed by atoms with E-state index in [0.717, 1.165) is 5.56 Å². The van der Waals surface area contributed by atoms with Gasteiger partial charge in [0.25, 0.3) is 0 Å². The van der Waals surface area contributed by atoms with Gasteiger partial charge in [-0.05, 0) is 18.1 Å². The molecule has 0 aromatic heterocycles. The molecule has 30 heavy (non-hydrogen) atoms. The highest BCUT2D eigenvalue weighted by Gasteiger charge is 2.27. The van der Waals surface area contributed by atoms with Gasteiger partial charge in [0.05, 0.1) is 13.2 Å². The summed E-state index contributed by atoms with van der Waals surface area (Å²) in [7, 11) is -9.60. The fourth-order valence-corrected chi connectivity index (χ4v) is 4.12. The zero-order valence-electron chi connectivity index (χ0n) is 16.1. The van der Waals surface area contributed by atoms with Gasteiger partial charge < -0.3 is 19.4 Å². The van der Waals surface area contributed by atoms with E-state index in [-0.39, 0.29) is 12.4 Å². The Labute approximate surface area is 174 Å². The van der Waals surface area contributed by atoms with Gasteiger partial charge in [-0.2, -0.15) is 0 Å². The molecule has 160 valence electrons. The number of hydrogen-bond donors (Lipinski definition) is 3. The predicted octanol–water partition coefficient (Wildman–Crippen LogP) is 4.19. The van der Waals surface area contributed by atoms with Crippen molar-refractivity contribution < 1.29 is 37.7 Å². The van der Waals surface area contributed by atoms with Gasteiger partial charge in [-0.3, -0.25) is 9.36 Å².